The summed E-state index contributed by atoms with van der Waals surface area (Å²) in [4.78, 5) is 6.95. The van der Waals surface area contributed by atoms with Crippen LogP contribution in [-0.2, 0) is 13.1 Å². The smallest absolute Gasteiger partial charge is 0.191 e. The number of aliphatic imine (C=N–C) groups is 1. The standard InChI is InChI=1S/C23H31FN4O3/c1-4-25-23(26-13-16-5-6-22(29)21(24)11-16)27-18-7-8-28(15-18)14-17-9-19(30-2)12-20(10-17)31-3/h5-6,9-12,18,29H,4,7-8,13-15H2,1-3H3,(H2,25,26,27). The van der Waals surface area contributed by atoms with Crippen molar-refractivity contribution in [3.05, 3.63) is 53.3 Å². The Morgan fingerprint density at radius 1 is 1.16 bits per heavy atom. The molecular formula is C23H31FN4O3. The fourth-order valence-corrected chi connectivity index (χ4v) is 3.64. The van der Waals surface area contributed by atoms with E-state index in [0.717, 1.165) is 49.7 Å². The number of hydrogen-bond donors (Lipinski definition) is 3. The highest BCUT2D eigenvalue weighted by Crippen LogP contribution is 2.24. The number of likely N-dealkylation sites (tertiary alicyclic amines) is 1. The average Bonchev–Trinajstić information content (AvgIpc) is 3.20. The van der Waals surface area contributed by atoms with Gasteiger partial charge in [0.2, 0.25) is 0 Å². The number of nitrogens with zero attached hydrogens (tertiary/aromatic N) is 2. The van der Waals surface area contributed by atoms with Crippen LogP contribution in [0, 0.1) is 5.82 Å². The Hall–Kier alpha value is -3.00. The Kier molecular flexibility index (Phi) is 7.94. The molecule has 2 aromatic rings. The van der Waals surface area contributed by atoms with Gasteiger partial charge in [0.15, 0.2) is 17.5 Å². The second-order valence-corrected chi connectivity index (χ2v) is 7.57. The summed E-state index contributed by atoms with van der Waals surface area (Å²) < 4.78 is 24.3. The molecule has 1 aliphatic rings. The average molecular weight is 431 g/mol. The monoisotopic (exact) mass is 430 g/mol. The van der Waals surface area contributed by atoms with Crippen LogP contribution in [0.1, 0.15) is 24.5 Å². The summed E-state index contributed by atoms with van der Waals surface area (Å²) in [5.41, 5.74) is 1.85. The first-order valence-corrected chi connectivity index (χ1v) is 10.5. The van der Waals surface area contributed by atoms with Crippen LogP contribution in [0.3, 0.4) is 0 Å². The lowest BCUT2D eigenvalue weighted by atomic mass is 10.2. The number of rotatable bonds is 8. The van der Waals surface area contributed by atoms with Gasteiger partial charge in [0.25, 0.3) is 0 Å². The molecule has 3 rings (SSSR count). The summed E-state index contributed by atoms with van der Waals surface area (Å²) in [5.74, 6) is 1.29. The summed E-state index contributed by atoms with van der Waals surface area (Å²) in [5, 5.41) is 16.1. The Balaban J connectivity index is 1.58. The van der Waals surface area contributed by atoms with Crippen molar-refractivity contribution in [1.29, 1.82) is 0 Å². The molecule has 2 aromatic carbocycles. The van der Waals surface area contributed by atoms with E-state index in [1.807, 2.05) is 25.1 Å². The molecule has 1 aliphatic heterocycles. The van der Waals surface area contributed by atoms with Gasteiger partial charge in [0, 0.05) is 38.3 Å². The molecular weight excluding hydrogens is 399 g/mol. The van der Waals surface area contributed by atoms with Crippen molar-refractivity contribution < 1.29 is 19.0 Å². The Morgan fingerprint density at radius 3 is 2.55 bits per heavy atom. The van der Waals surface area contributed by atoms with E-state index >= 15 is 0 Å². The predicted octanol–water partition coefficient (Wildman–Crippen LogP) is 2.88. The van der Waals surface area contributed by atoms with E-state index in [2.05, 4.69) is 20.5 Å². The van der Waals surface area contributed by atoms with Crippen molar-refractivity contribution in [2.75, 3.05) is 33.9 Å². The van der Waals surface area contributed by atoms with Gasteiger partial charge in [-0.15, -0.1) is 0 Å². The molecule has 3 N–H and O–H groups in total. The molecule has 0 saturated carbocycles. The second kappa shape index (κ2) is 10.9. The van der Waals surface area contributed by atoms with Gasteiger partial charge in [-0.25, -0.2) is 9.38 Å². The molecule has 0 amide bonds. The van der Waals surface area contributed by atoms with Gasteiger partial charge in [-0.1, -0.05) is 6.07 Å². The van der Waals surface area contributed by atoms with Crippen molar-refractivity contribution in [2.24, 2.45) is 4.99 Å². The number of ether oxygens (including phenoxy) is 2. The fraction of sp³-hybridized carbons (Fsp3) is 0.435. The van der Waals surface area contributed by atoms with E-state index in [1.165, 1.54) is 12.1 Å². The quantitative estimate of drug-likeness (QED) is 0.442. The third-order valence-electron chi connectivity index (χ3n) is 5.21. The number of phenols is 1. The van der Waals surface area contributed by atoms with Crippen LogP contribution in [0.5, 0.6) is 17.2 Å². The highest BCUT2D eigenvalue weighted by Gasteiger charge is 2.23. The van der Waals surface area contributed by atoms with Crippen molar-refractivity contribution in [3.63, 3.8) is 0 Å². The highest BCUT2D eigenvalue weighted by atomic mass is 19.1. The molecule has 1 atom stereocenters. The Morgan fingerprint density at radius 2 is 1.90 bits per heavy atom. The van der Waals surface area contributed by atoms with Crippen molar-refractivity contribution in [1.82, 2.24) is 15.5 Å². The van der Waals surface area contributed by atoms with Gasteiger partial charge >= 0.3 is 0 Å². The van der Waals surface area contributed by atoms with Crippen molar-refractivity contribution in [2.45, 2.75) is 32.5 Å². The Labute approximate surface area is 182 Å². The maximum atomic E-state index is 13.5. The predicted molar refractivity (Wildman–Crippen MR) is 119 cm³/mol. The first-order chi connectivity index (χ1) is 15.0. The third-order valence-corrected chi connectivity index (χ3v) is 5.21. The number of halogens is 1. The van der Waals surface area contributed by atoms with Gasteiger partial charge in [0.05, 0.1) is 20.8 Å². The van der Waals surface area contributed by atoms with E-state index in [9.17, 15) is 9.50 Å². The first-order valence-electron chi connectivity index (χ1n) is 10.5. The molecule has 1 unspecified atom stereocenters. The van der Waals surface area contributed by atoms with E-state index < -0.39 is 5.82 Å². The van der Waals surface area contributed by atoms with Crippen LogP contribution in [0.25, 0.3) is 0 Å². The number of nitrogens with one attached hydrogen (secondary N) is 2. The number of benzene rings is 2. The number of hydrogen-bond acceptors (Lipinski definition) is 5. The second-order valence-electron chi connectivity index (χ2n) is 7.57. The molecule has 1 heterocycles. The zero-order valence-corrected chi connectivity index (χ0v) is 18.3. The molecule has 0 bridgehead atoms. The minimum Gasteiger partial charge on any atom is -0.505 e. The lowest BCUT2D eigenvalue weighted by Crippen LogP contribution is -2.44. The minimum atomic E-state index is -0.633. The molecule has 0 spiro atoms. The van der Waals surface area contributed by atoms with Crippen molar-refractivity contribution in [3.8, 4) is 17.2 Å². The van der Waals surface area contributed by atoms with Gasteiger partial charge in [0.1, 0.15) is 11.5 Å². The maximum absolute atomic E-state index is 13.5. The van der Waals surface area contributed by atoms with Crippen LogP contribution < -0.4 is 20.1 Å². The highest BCUT2D eigenvalue weighted by molar-refractivity contribution is 5.80. The minimum absolute atomic E-state index is 0.266. The summed E-state index contributed by atoms with van der Waals surface area (Å²) in [6.07, 6.45) is 0.999. The molecule has 0 aromatic heterocycles. The molecule has 7 nitrogen and oxygen atoms in total. The van der Waals surface area contributed by atoms with Gasteiger partial charge in [-0.05, 0) is 48.7 Å². The largest absolute Gasteiger partial charge is 0.505 e. The molecule has 1 fully saturated rings. The van der Waals surface area contributed by atoms with E-state index in [-0.39, 0.29) is 11.8 Å². The molecule has 8 heteroatoms. The first kappa shape index (κ1) is 22.7. The molecule has 0 aliphatic carbocycles. The van der Waals surface area contributed by atoms with Crippen LogP contribution in [0.4, 0.5) is 4.39 Å². The van der Waals surface area contributed by atoms with Gasteiger partial charge < -0.3 is 25.2 Å². The van der Waals surface area contributed by atoms with Crippen LogP contribution >= 0.6 is 0 Å². The fourth-order valence-electron chi connectivity index (χ4n) is 3.64. The van der Waals surface area contributed by atoms with E-state index in [1.54, 1.807) is 20.3 Å². The van der Waals surface area contributed by atoms with Crippen LogP contribution in [-0.4, -0.2) is 55.9 Å². The molecule has 31 heavy (non-hydrogen) atoms. The lowest BCUT2D eigenvalue weighted by Gasteiger charge is -2.19. The third kappa shape index (κ3) is 6.49. The van der Waals surface area contributed by atoms with Crippen LogP contribution in [0.2, 0.25) is 0 Å². The zero-order chi connectivity index (χ0) is 22.2. The molecule has 1 saturated heterocycles. The summed E-state index contributed by atoms with van der Waals surface area (Å²) >= 11 is 0. The summed E-state index contributed by atoms with van der Waals surface area (Å²) in [6.45, 7) is 5.74. The van der Waals surface area contributed by atoms with Crippen LogP contribution in [0.15, 0.2) is 41.4 Å². The summed E-state index contributed by atoms with van der Waals surface area (Å²) in [7, 11) is 3.31. The zero-order valence-electron chi connectivity index (χ0n) is 18.3. The number of guanidine groups is 1. The number of aromatic hydroxyl groups is 1. The van der Waals surface area contributed by atoms with Gasteiger partial charge in [-0.2, -0.15) is 0 Å². The molecule has 0 radical (unpaired) electrons. The normalized spacial score (nSPS) is 16.9. The maximum Gasteiger partial charge on any atom is 0.191 e. The topological polar surface area (TPSA) is 78.4 Å². The van der Waals surface area contributed by atoms with Crippen molar-refractivity contribution >= 4 is 5.96 Å². The lowest BCUT2D eigenvalue weighted by molar-refractivity contribution is 0.321. The summed E-state index contributed by atoms with van der Waals surface area (Å²) in [6, 6.07) is 10.5. The Bertz CT molecular complexity index is 884. The van der Waals surface area contributed by atoms with Gasteiger partial charge in [-0.3, -0.25) is 4.90 Å². The molecule has 168 valence electrons. The van der Waals surface area contributed by atoms with E-state index in [4.69, 9.17) is 9.47 Å². The van der Waals surface area contributed by atoms with E-state index in [0.29, 0.717) is 18.1 Å². The number of phenolic OH excluding ortho intramolecular Hbond substituents is 1. The number of methoxy groups -OCH3 is 2. The SMILES string of the molecule is CCNC(=NCc1ccc(O)c(F)c1)NC1CCN(Cc2cc(OC)cc(OC)c2)C1.